The van der Waals surface area contributed by atoms with Gasteiger partial charge in [0.05, 0.1) is 18.8 Å². The Hall–Kier alpha value is -5.32. The molecule has 2 saturated heterocycles. The summed E-state index contributed by atoms with van der Waals surface area (Å²) in [7, 11) is 0. The molecule has 0 unspecified atom stereocenters. The zero-order valence-electron chi connectivity index (χ0n) is 34.2. The maximum Gasteiger partial charge on any atom is 0.341 e. The first-order chi connectivity index (χ1) is 28.0. The van der Waals surface area contributed by atoms with E-state index in [0.29, 0.717) is 36.1 Å². The Morgan fingerprint density at radius 1 is 0.845 bits per heavy atom. The SMILES string of the molecule is C=C(C)[C@@H]1CC2(CCN(Cc3cc(Oc4ccccc4)ccc3OCC(=O)O)CC2)[C@@H](CCCC)O[C@H]1c1c(C)cc(-c2ccccc2OCC)cc1OCC(=O)O. The van der Waals surface area contributed by atoms with Crippen LogP contribution in [0.5, 0.6) is 28.7 Å². The highest BCUT2D eigenvalue weighted by molar-refractivity contribution is 5.74. The third-order valence-electron chi connectivity index (χ3n) is 11.5. The number of carboxylic acid groups (broad SMARTS) is 2. The lowest BCUT2D eigenvalue weighted by atomic mass is 9.62. The quantitative estimate of drug-likeness (QED) is 0.0941. The lowest BCUT2D eigenvalue weighted by molar-refractivity contribution is -0.174. The maximum atomic E-state index is 11.9. The highest BCUT2D eigenvalue weighted by Crippen LogP contribution is 2.56. The summed E-state index contributed by atoms with van der Waals surface area (Å²) in [5.74, 6) is 1.04. The minimum atomic E-state index is -1.05. The molecule has 2 aliphatic rings. The molecule has 0 aromatic heterocycles. The van der Waals surface area contributed by atoms with E-state index >= 15 is 0 Å². The standard InChI is InChI=1S/C48H57NO9/c1-6-8-18-43-48(21-23-49(24-22-48)29-35-26-37(57-36-14-10-9-11-15-36)19-20-40(35)55-30-44(50)51)28-39(32(3)4)47(58-43)46-33(5)25-34(27-42(46)56-31-45(52)53)38-16-12-13-17-41(38)54-7-2/h9-17,19-20,25-27,39,43,47H,3,6-8,18,21-24,28-31H2,1-2,4-5H3,(H,50,51)(H,52,53)/t39-,43+,47+/m0/s1. The van der Waals surface area contributed by atoms with Crippen LogP contribution in [0.3, 0.4) is 0 Å². The van der Waals surface area contributed by atoms with Crippen molar-refractivity contribution < 1.29 is 43.5 Å². The Balaban J connectivity index is 1.28. The minimum absolute atomic E-state index is 0.0281. The predicted molar refractivity (Wildman–Crippen MR) is 224 cm³/mol. The molecule has 1 spiro atoms. The van der Waals surface area contributed by atoms with Crippen LogP contribution in [-0.4, -0.2) is 66.1 Å². The highest BCUT2D eigenvalue weighted by atomic mass is 16.5. The van der Waals surface area contributed by atoms with E-state index < -0.39 is 25.2 Å². The van der Waals surface area contributed by atoms with Crippen LogP contribution in [-0.2, 0) is 20.9 Å². The van der Waals surface area contributed by atoms with Crippen molar-refractivity contribution in [1.82, 2.24) is 4.90 Å². The molecule has 4 aromatic rings. The Morgan fingerprint density at radius 2 is 1.53 bits per heavy atom. The molecular formula is C48H57NO9. The number of aryl methyl sites for hydroxylation is 1. The van der Waals surface area contributed by atoms with Gasteiger partial charge in [-0.15, -0.1) is 0 Å². The molecule has 2 heterocycles. The summed E-state index contributed by atoms with van der Waals surface area (Å²) in [6.45, 7) is 14.6. The number of unbranched alkanes of at least 4 members (excludes halogenated alkanes) is 1. The Kier molecular flexibility index (Phi) is 14.2. The highest BCUT2D eigenvalue weighted by Gasteiger charge is 2.50. The minimum Gasteiger partial charge on any atom is -0.493 e. The normalized spacial score (nSPS) is 19.0. The van der Waals surface area contributed by atoms with Crippen molar-refractivity contribution in [2.75, 3.05) is 32.9 Å². The van der Waals surface area contributed by atoms with E-state index in [1.165, 1.54) is 0 Å². The number of benzene rings is 4. The van der Waals surface area contributed by atoms with Crippen LogP contribution < -0.4 is 18.9 Å². The molecule has 0 amide bonds. The zero-order valence-corrected chi connectivity index (χ0v) is 34.2. The second-order valence-electron chi connectivity index (χ2n) is 15.7. The first kappa shape index (κ1) is 42.3. The summed E-state index contributed by atoms with van der Waals surface area (Å²) < 4.78 is 31.3. The fourth-order valence-corrected chi connectivity index (χ4v) is 8.66. The van der Waals surface area contributed by atoms with Gasteiger partial charge < -0.3 is 33.9 Å². The van der Waals surface area contributed by atoms with E-state index in [-0.39, 0.29) is 23.5 Å². The summed E-state index contributed by atoms with van der Waals surface area (Å²) in [4.78, 5) is 25.7. The van der Waals surface area contributed by atoms with E-state index in [4.69, 9.17) is 23.7 Å². The second-order valence-corrected chi connectivity index (χ2v) is 15.7. The molecule has 0 radical (unpaired) electrons. The first-order valence-corrected chi connectivity index (χ1v) is 20.4. The molecule has 308 valence electrons. The van der Waals surface area contributed by atoms with E-state index in [1.54, 1.807) is 12.1 Å². The van der Waals surface area contributed by atoms with Crippen molar-refractivity contribution in [3.63, 3.8) is 0 Å². The van der Waals surface area contributed by atoms with Crippen molar-refractivity contribution in [2.45, 2.75) is 85.0 Å². The number of nitrogens with zero attached hydrogens (tertiary/aromatic N) is 1. The summed E-state index contributed by atoms with van der Waals surface area (Å²) in [6.07, 6.45) is 5.28. The molecule has 10 nitrogen and oxygen atoms in total. The summed E-state index contributed by atoms with van der Waals surface area (Å²) >= 11 is 0. The van der Waals surface area contributed by atoms with Gasteiger partial charge in [0.1, 0.15) is 28.7 Å². The fourth-order valence-electron chi connectivity index (χ4n) is 8.66. The molecule has 0 saturated carbocycles. The van der Waals surface area contributed by atoms with Gasteiger partial charge in [-0.2, -0.15) is 0 Å². The number of hydrogen-bond donors (Lipinski definition) is 2. The van der Waals surface area contributed by atoms with E-state index in [0.717, 1.165) is 90.8 Å². The maximum absolute atomic E-state index is 11.9. The molecule has 4 aromatic carbocycles. The number of aliphatic carboxylic acids is 2. The molecule has 2 fully saturated rings. The fraction of sp³-hybridized carbons (Fsp3) is 0.417. The van der Waals surface area contributed by atoms with Crippen LogP contribution in [0.2, 0.25) is 0 Å². The number of para-hydroxylation sites is 2. The number of piperidine rings is 1. The van der Waals surface area contributed by atoms with Gasteiger partial charge >= 0.3 is 11.9 Å². The number of hydrogen-bond acceptors (Lipinski definition) is 8. The van der Waals surface area contributed by atoms with Gasteiger partial charge in [-0.05, 0) is 119 Å². The second kappa shape index (κ2) is 19.4. The van der Waals surface area contributed by atoms with Gasteiger partial charge in [-0.25, -0.2) is 9.59 Å². The largest absolute Gasteiger partial charge is 0.493 e. The van der Waals surface area contributed by atoms with Crippen molar-refractivity contribution in [3.8, 4) is 39.9 Å². The van der Waals surface area contributed by atoms with Crippen LogP contribution in [0.15, 0.2) is 97.1 Å². The first-order valence-electron chi connectivity index (χ1n) is 20.4. The van der Waals surface area contributed by atoms with Crippen LogP contribution >= 0.6 is 0 Å². The third-order valence-corrected chi connectivity index (χ3v) is 11.5. The topological polar surface area (TPSA) is 124 Å². The van der Waals surface area contributed by atoms with Gasteiger partial charge in [0.15, 0.2) is 13.2 Å². The van der Waals surface area contributed by atoms with Crippen molar-refractivity contribution >= 4 is 11.9 Å². The monoisotopic (exact) mass is 791 g/mol. The van der Waals surface area contributed by atoms with Crippen molar-refractivity contribution in [1.29, 1.82) is 0 Å². The lowest BCUT2D eigenvalue weighted by Gasteiger charge is -2.54. The molecule has 2 aliphatic heterocycles. The van der Waals surface area contributed by atoms with Gasteiger partial charge in [0, 0.05) is 29.2 Å². The predicted octanol–water partition coefficient (Wildman–Crippen LogP) is 10.3. The van der Waals surface area contributed by atoms with E-state index in [9.17, 15) is 19.8 Å². The lowest BCUT2D eigenvalue weighted by Crippen LogP contribution is -2.52. The summed E-state index contributed by atoms with van der Waals surface area (Å²) in [5, 5.41) is 19.1. The van der Waals surface area contributed by atoms with E-state index in [2.05, 4.69) is 31.4 Å². The number of carbonyl (C=O) groups is 2. The molecule has 0 bridgehead atoms. The smallest absolute Gasteiger partial charge is 0.341 e. The van der Waals surface area contributed by atoms with Gasteiger partial charge in [0.2, 0.25) is 0 Å². The van der Waals surface area contributed by atoms with Crippen LogP contribution in [0.1, 0.15) is 82.1 Å². The van der Waals surface area contributed by atoms with Crippen LogP contribution in [0.25, 0.3) is 11.1 Å². The Labute approximate surface area is 342 Å². The molecule has 10 heteroatoms. The van der Waals surface area contributed by atoms with E-state index in [1.807, 2.05) is 80.6 Å². The molecule has 3 atom stereocenters. The molecule has 2 N–H and O–H groups in total. The number of likely N-dealkylation sites (tertiary alicyclic amines) is 1. The number of carboxylic acids is 2. The molecular weight excluding hydrogens is 735 g/mol. The number of ether oxygens (including phenoxy) is 5. The van der Waals surface area contributed by atoms with Crippen molar-refractivity contribution in [2.24, 2.45) is 11.3 Å². The average molecular weight is 792 g/mol. The Morgan fingerprint density at radius 3 is 2.21 bits per heavy atom. The molecule has 6 rings (SSSR count). The average Bonchev–Trinajstić information content (AvgIpc) is 3.20. The summed E-state index contributed by atoms with van der Waals surface area (Å²) in [5.41, 5.74) is 5.40. The van der Waals surface area contributed by atoms with Crippen molar-refractivity contribution in [3.05, 3.63) is 114 Å². The summed E-state index contributed by atoms with van der Waals surface area (Å²) in [6, 6.07) is 27.0. The van der Waals surface area contributed by atoms with Gasteiger partial charge in [-0.1, -0.05) is 74.4 Å². The molecule has 0 aliphatic carbocycles. The zero-order chi connectivity index (χ0) is 41.2. The molecule has 58 heavy (non-hydrogen) atoms. The Bertz CT molecular complexity index is 2040. The number of rotatable bonds is 18. The van der Waals surface area contributed by atoms with Gasteiger partial charge in [0.25, 0.3) is 0 Å². The van der Waals surface area contributed by atoms with Crippen LogP contribution in [0, 0.1) is 18.3 Å². The third kappa shape index (κ3) is 10.2. The van der Waals surface area contributed by atoms with Crippen LogP contribution in [0.4, 0.5) is 0 Å². The van der Waals surface area contributed by atoms with Gasteiger partial charge in [-0.3, -0.25) is 4.90 Å².